The lowest BCUT2D eigenvalue weighted by molar-refractivity contribution is 0.648. The maximum Gasteiger partial charge on any atom is 0.145 e. The van der Waals surface area contributed by atoms with Crippen molar-refractivity contribution in [2.24, 2.45) is 11.5 Å². The first kappa shape index (κ1) is 42.4. The Morgan fingerprint density at radius 3 is 1.97 bits per heavy atom. The predicted octanol–water partition coefficient (Wildman–Crippen LogP) is 15.0. The number of para-hydroxylation sites is 2. The number of rotatable bonds is 5. The highest BCUT2D eigenvalue weighted by molar-refractivity contribution is 6.30. The molecule has 5 N–H and O–H groups in total. The second kappa shape index (κ2) is 18.8. The molecule has 1 aliphatic carbocycles. The van der Waals surface area contributed by atoms with Gasteiger partial charge >= 0.3 is 0 Å². The van der Waals surface area contributed by atoms with Crippen molar-refractivity contribution < 1.29 is 4.42 Å². The van der Waals surface area contributed by atoms with Crippen LogP contribution in [0.2, 0.25) is 0 Å². The van der Waals surface area contributed by atoms with E-state index in [4.69, 9.17) is 21.3 Å². The number of aromatic nitrogens is 2. The number of allylic oxidation sites excluding steroid dienone is 4. The molecule has 6 nitrogen and oxygen atoms in total. The fraction of sp³-hybridized carbons (Fsp3) is 0.102. The molecule has 0 aliphatic heterocycles. The summed E-state index contributed by atoms with van der Waals surface area (Å²) in [5, 5.41) is 14.3. The van der Waals surface area contributed by atoms with E-state index >= 15 is 0 Å². The van der Waals surface area contributed by atoms with E-state index < -0.39 is 0 Å². The van der Waals surface area contributed by atoms with Crippen molar-refractivity contribution in [2.75, 3.05) is 0 Å². The maximum atomic E-state index is 7.01. The average Bonchev–Trinajstić information content (AvgIpc) is 4.04. The lowest BCUT2D eigenvalue weighted by Crippen LogP contribution is -2.10. The van der Waals surface area contributed by atoms with E-state index in [1.165, 1.54) is 65.9 Å². The smallest absolute Gasteiger partial charge is 0.145 e. The van der Waals surface area contributed by atoms with Crippen LogP contribution in [-0.4, -0.2) is 15.0 Å². The second-order valence-corrected chi connectivity index (χ2v) is 16.0. The summed E-state index contributed by atoms with van der Waals surface area (Å²) in [4.78, 5) is 0. The van der Waals surface area contributed by atoms with Gasteiger partial charge in [0.2, 0.25) is 0 Å². The fourth-order valence-electron chi connectivity index (χ4n) is 9.12. The Balaban J connectivity index is 0.000000234. The topological polar surface area (TPSA) is 98.9 Å². The van der Waals surface area contributed by atoms with E-state index in [0.717, 1.165) is 39.6 Å². The van der Waals surface area contributed by atoms with Crippen molar-refractivity contribution in [3.05, 3.63) is 223 Å². The number of hydrogen-bond donors (Lipinski definition) is 3. The lowest BCUT2D eigenvalue weighted by atomic mass is 10.0. The maximum absolute atomic E-state index is 7.01. The zero-order valence-corrected chi connectivity index (χ0v) is 37.1. The molecule has 0 saturated heterocycles. The highest BCUT2D eigenvalue weighted by Gasteiger charge is 2.25. The summed E-state index contributed by atoms with van der Waals surface area (Å²) in [6.45, 7) is 6.79. The van der Waals surface area contributed by atoms with Crippen molar-refractivity contribution in [2.45, 2.75) is 39.8 Å². The fourth-order valence-corrected chi connectivity index (χ4v) is 9.12. The molecule has 0 bridgehead atoms. The number of nitrogens with two attached hydrogens (primary N) is 2. The van der Waals surface area contributed by atoms with Crippen LogP contribution in [0.3, 0.4) is 0 Å². The van der Waals surface area contributed by atoms with Crippen molar-refractivity contribution in [3.63, 3.8) is 0 Å². The van der Waals surface area contributed by atoms with Gasteiger partial charge < -0.3 is 25.0 Å². The van der Waals surface area contributed by atoms with Crippen LogP contribution in [0, 0.1) is 12.3 Å². The standard InChI is InChI=1S/C43H30N2O.C7H8N2.C7H9N.C2H6/c1-27-11-9-12-28(25-27)29-13-10-16-31(26-29)44-36-19-7-5-18-34(36)40-37(44)24-22-35-41-38(45(42(35)40)30-14-3-2-4-15-30)23-21-33-32-17-6-8-20-39(32)46-43(33)41;8-7(9)6-4-2-1-3-5-6;8-6-7-4-2-1-3-5-7;1-2/h2-14,16-26,30H,15H2,1H3;1-5H,(H3,8,9);1-5H,6,8H2;1-2H3. The quantitative estimate of drug-likeness (QED) is 0.119. The minimum absolute atomic E-state index is 0.121. The summed E-state index contributed by atoms with van der Waals surface area (Å²) in [6, 6.07) is 63.6. The summed E-state index contributed by atoms with van der Waals surface area (Å²) in [5.74, 6) is 0.121. The molecule has 0 fully saturated rings. The molecule has 65 heavy (non-hydrogen) atoms. The van der Waals surface area contributed by atoms with Crippen LogP contribution in [0.5, 0.6) is 0 Å². The minimum Gasteiger partial charge on any atom is -0.455 e. The summed E-state index contributed by atoms with van der Waals surface area (Å²) < 4.78 is 11.7. The van der Waals surface area contributed by atoms with Gasteiger partial charge in [0.1, 0.15) is 17.0 Å². The normalized spacial score (nSPS) is 13.1. The molecule has 8 aromatic carbocycles. The highest BCUT2D eigenvalue weighted by atomic mass is 16.3. The van der Waals surface area contributed by atoms with Gasteiger partial charge in [0.05, 0.1) is 33.5 Å². The number of nitrogen functional groups attached to an aromatic ring is 1. The molecule has 0 spiro atoms. The number of nitrogens with zero attached hydrogens (tertiary/aromatic N) is 2. The molecule has 11 aromatic rings. The van der Waals surface area contributed by atoms with Crippen LogP contribution in [0.15, 0.2) is 211 Å². The van der Waals surface area contributed by atoms with E-state index in [9.17, 15) is 0 Å². The second-order valence-electron chi connectivity index (χ2n) is 16.0. The van der Waals surface area contributed by atoms with Crippen LogP contribution in [0.25, 0.3) is 82.4 Å². The largest absolute Gasteiger partial charge is 0.455 e. The van der Waals surface area contributed by atoms with Gasteiger partial charge in [-0.25, -0.2) is 0 Å². The Kier molecular flexibility index (Phi) is 12.3. The summed E-state index contributed by atoms with van der Waals surface area (Å²) in [7, 11) is 0. The number of amidine groups is 1. The van der Waals surface area contributed by atoms with Gasteiger partial charge in [-0.05, 0) is 78.6 Å². The van der Waals surface area contributed by atoms with Gasteiger partial charge in [-0.15, -0.1) is 0 Å². The molecule has 12 rings (SSSR count). The first-order valence-electron chi connectivity index (χ1n) is 22.4. The Morgan fingerprint density at radius 1 is 0.615 bits per heavy atom. The summed E-state index contributed by atoms with van der Waals surface area (Å²) in [5.41, 5.74) is 24.2. The molecular weight excluding hydrogens is 795 g/mol. The van der Waals surface area contributed by atoms with Crippen molar-refractivity contribution >= 4 is 71.4 Å². The van der Waals surface area contributed by atoms with Gasteiger partial charge in [-0.1, -0.05) is 177 Å². The number of hydrogen-bond acceptors (Lipinski definition) is 3. The molecule has 1 atom stereocenters. The van der Waals surface area contributed by atoms with Crippen LogP contribution in [0.1, 0.15) is 43.0 Å². The molecule has 1 unspecified atom stereocenters. The monoisotopic (exact) mass is 847 g/mol. The molecular formula is C59H53N5O. The third-order valence-electron chi connectivity index (χ3n) is 12.0. The first-order chi connectivity index (χ1) is 32.0. The Morgan fingerprint density at radius 2 is 1.28 bits per heavy atom. The molecule has 0 saturated carbocycles. The van der Waals surface area contributed by atoms with Crippen molar-refractivity contribution in [1.82, 2.24) is 9.13 Å². The van der Waals surface area contributed by atoms with Gasteiger partial charge in [-0.2, -0.15) is 0 Å². The SMILES string of the molecule is CC.Cc1cccc(-c2cccc(-n3c4ccccc4c4c3ccc3c5c6oc7ccccc7c6ccc5n(C5C=CC=CC5)c34)c2)c1.N=C(N)c1ccccc1.NCc1ccccc1. The van der Waals surface area contributed by atoms with E-state index in [1.807, 2.05) is 74.5 Å². The Hall–Kier alpha value is -7.93. The van der Waals surface area contributed by atoms with Crippen molar-refractivity contribution in [3.8, 4) is 16.8 Å². The summed E-state index contributed by atoms with van der Waals surface area (Å²) in [6.07, 6.45) is 9.91. The van der Waals surface area contributed by atoms with Gasteiger partial charge in [-0.3, -0.25) is 5.41 Å². The van der Waals surface area contributed by atoms with Crippen LogP contribution in [-0.2, 0) is 6.54 Å². The van der Waals surface area contributed by atoms with Crippen LogP contribution >= 0.6 is 0 Å². The molecule has 3 aromatic heterocycles. The number of furan rings is 1. The number of benzene rings is 8. The van der Waals surface area contributed by atoms with E-state index in [2.05, 4.69) is 162 Å². The molecule has 0 amide bonds. The third kappa shape index (κ3) is 8.12. The Labute approximate surface area is 379 Å². The zero-order chi connectivity index (χ0) is 44.9. The predicted molar refractivity (Wildman–Crippen MR) is 276 cm³/mol. The zero-order valence-electron chi connectivity index (χ0n) is 37.1. The molecule has 0 radical (unpaired) electrons. The first-order valence-corrected chi connectivity index (χ1v) is 22.4. The number of fused-ring (bicyclic) bond motifs is 11. The van der Waals surface area contributed by atoms with E-state index in [0.29, 0.717) is 6.54 Å². The van der Waals surface area contributed by atoms with E-state index in [1.54, 1.807) is 0 Å². The molecule has 3 heterocycles. The van der Waals surface area contributed by atoms with Crippen LogP contribution < -0.4 is 11.5 Å². The Bertz CT molecular complexity index is 3520. The molecule has 1 aliphatic rings. The molecule has 320 valence electrons. The van der Waals surface area contributed by atoms with Crippen LogP contribution in [0.4, 0.5) is 0 Å². The average molecular weight is 848 g/mol. The van der Waals surface area contributed by atoms with Gasteiger partial charge in [0.25, 0.3) is 0 Å². The van der Waals surface area contributed by atoms with E-state index in [-0.39, 0.29) is 11.9 Å². The number of aryl methyl sites for hydroxylation is 1. The van der Waals surface area contributed by atoms with Gasteiger partial charge in [0, 0.05) is 44.7 Å². The summed E-state index contributed by atoms with van der Waals surface area (Å²) >= 11 is 0. The highest BCUT2D eigenvalue weighted by Crippen LogP contribution is 2.46. The lowest BCUT2D eigenvalue weighted by Gasteiger charge is -2.19. The van der Waals surface area contributed by atoms with Gasteiger partial charge in [0.15, 0.2) is 0 Å². The molecule has 6 heteroatoms. The minimum atomic E-state index is 0.121. The van der Waals surface area contributed by atoms with Crippen molar-refractivity contribution in [1.29, 1.82) is 5.41 Å². The number of nitrogens with one attached hydrogen (secondary N) is 1. The third-order valence-corrected chi connectivity index (χ3v) is 12.0.